The van der Waals surface area contributed by atoms with Crippen molar-refractivity contribution in [2.24, 2.45) is 0 Å². The molecule has 4 rings (SSSR count). The highest BCUT2D eigenvalue weighted by molar-refractivity contribution is 5.58. The van der Waals surface area contributed by atoms with E-state index >= 15 is 0 Å². The third-order valence-electron chi connectivity index (χ3n) is 6.20. The maximum absolute atomic E-state index is 13.5. The second-order valence-corrected chi connectivity index (χ2v) is 8.33. The van der Waals surface area contributed by atoms with Crippen LogP contribution in [-0.4, -0.2) is 91.1 Å². The van der Waals surface area contributed by atoms with Gasteiger partial charge in [-0.1, -0.05) is 0 Å². The smallest absolute Gasteiger partial charge is 0.197 e. The monoisotopic (exact) mass is 437 g/mol. The zero-order chi connectivity index (χ0) is 22.3. The van der Waals surface area contributed by atoms with Gasteiger partial charge in [-0.05, 0) is 12.1 Å². The predicted molar refractivity (Wildman–Crippen MR) is 110 cm³/mol. The maximum atomic E-state index is 13.5. The van der Waals surface area contributed by atoms with E-state index in [1.54, 1.807) is 0 Å². The van der Waals surface area contributed by atoms with Crippen LogP contribution in [-0.2, 0) is 19.4 Å². The topological polar surface area (TPSA) is 133 Å². The van der Waals surface area contributed by atoms with E-state index in [0.717, 1.165) is 0 Å². The van der Waals surface area contributed by atoms with E-state index in [0.29, 0.717) is 49.5 Å². The molecule has 1 aromatic carbocycles. The van der Waals surface area contributed by atoms with Crippen LogP contribution in [0.5, 0.6) is 17.5 Å². The van der Waals surface area contributed by atoms with E-state index in [9.17, 15) is 35.0 Å². The van der Waals surface area contributed by atoms with Gasteiger partial charge in [0.15, 0.2) is 11.8 Å². The molecule has 1 aliphatic heterocycles. The van der Waals surface area contributed by atoms with Crippen molar-refractivity contribution in [3.05, 3.63) is 35.1 Å². The van der Waals surface area contributed by atoms with Crippen molar-refractivity contribution in [2.45, 2.75) is 37.7 Å². The standard InChI is InChI=1S/C21H28FN3O6/c22-12-1-2-17(27)16(7-12)24-5-3-23(4-6-24)10-13(26)11-25-20(30)14-8-18(28)19(29)9-15(14)21(25)31/h1-2,7,13,18-19,26-31H,3-6,8-11H2. The van der Waals surface area contributed by atoms with Crippen LogP contribution < -0.4 is 4.90 Å². The Bertz CT molecular complexity index is 910. The number of anilines is 1. The number of aliphatic hydroxyl groups is 3. The Morgan fingerprint density at radius 3 is 2.06 bits per heavy atom. The molecule has 1 aliphatic carbocycles. The molecule has 9 nitrogen and oxygen atoms in total. The Morgan fingerprint density at radius 1 is 0.903 bits per heavy atom. The van der Waals surface area contributed by atoms with Crippen LogP contribution in [0.1, 0.15) is 11.1 Å². The zero-order valence-electron chi connectivity index (χ0n) is 17.0. The molecule has 170 valence electrons. The highest BCUT2D eigenvalue weighted by Gasteiger charge is 2.34. The van der Waals surface area contributed by atoms with Gasteiger partial charge >= 0.3 is 0 Å². The Morgan fingerprint density at radius 2 is 1.48 bits per heavy atom. The Labute approximate surface area is 178 Å². The van der Waals surface area contributed by atoms with Gasteiger partial charge < -0.3 is 35.5 Å². The summed E-state index contributed by atoms with van der Waals surface area (Å²) in [6.07, 6.45) is -2.82. The van der Waals surface area contributed by atoms with Crippen LogP contribution in [0.25, 0.3) is 0 Å². The number of rotatable bonds is 5. The molecule has 0 bridgehead atoms. The zero-order valence-corrected chi connectivity index (χ0v) is 17.0. The average molecular weight is 437 g/mol. The largest absolute Gasteiger partial charge is 0.506 e. The van der Waals surface area contributed by atoms with E-state index in [-0.39, 0.29) is 36.9 Å². The number of aliphatic hydroxyl groups excluding tert-OH is 3. The van der Waals surface area contributed by atoms with Gasteiger partial charge in [0.2, 0.25) is 0 Å². The highest BCUT2D eigenvalue weighted by atomic mass is 19.1. The van der Waals surface area contributed by atoms with Crippen LogP contribution in [0.15, 0.2) is 18.2 Å². The molecule has 1 aromatic heterocycles. The second kappa shape index (κ2) is 8.54. The molecule has 6 N–H and O–H groups in total. The molecule has 2 heterocycles. The first-order valence-corrected chi connectivity index (χ1v) is 10.4. The fourth-order valence-electron chi connectivity index (χ4n) is 4.48. The lowest BCUT2D eigenvalue weighted by Crippen LogP contribution is -2.49. The molecule has 2 aromatic rings. The summed E-state index contributed by atoms with van der Waals surface area (Å²) < 4.78 is 14.7. The summed E-state index contributed by atoms with van der Waals surface area (Å²) in [6.45, 7) is 2.54. The number of phenols is 1. The number of hydrogen-bond acceptors (Lipinski definition) is 8. The average Bonchev–Trinajstić information content (AvgIpc) is 2.95. The molecule has 1 fully saturated rings. The number of fused-ring (bicyclic) bond motifs is 1. The molecule has 0 spiro atoms. The van der Waals surface area contributed by atoms with Crippen molar-refractivity contribution in [1.29, 1.82) is 0 Å². The lowest BCUT2D eigenvalue weighted by molar-refractivity contribution is 0.0136. The second-order valence-electron chi connectivity index (χ2n) is 8.33. The van der Waals surface area contributed by atoms with Gasteiger partial charge in [-0.3, -0.25) is 9.47 Å². The Balaban J connectivity index is 1.36. The van der Waals surface area contributed by atoms with Gasteiger partial charge in [0.05, 0.1) is 30.5 Å². The van der Waals surface area contributed by atoms with Gasteiger partial charge in [0.1, 0.15) is 11.6 Å². The minimum absolute atomic E-state index is 0.0210. The number of piperazine rings is 1. The van der Waals surface area contributed by atoms with Crippen molar-refractivity contribution in [2.75, 3.05) is 37.6 Å². The number of phenolic OH excluding ortho intramolecular Hbond substituents is 1. The molecule has 0 amide bonds. The first-order chi connectivity index (χ1) is 14.7. The van der Waals surface area contributed by atoms with E-state index in [4.69, 9.17) is 0 Å². The lowest BCUT2D eigenvalue weighted by atomic mass is 9.90. The fourth-order valence-corrected chi connectivity index (χ4v) is 4.48. The number of aromatic hydroxyl groups is 3. The van der Waals surface area contributed by atoms with Crippen LogP contribution in [0.3, 0.4) is 0 Å². The normalized spacial score (nSPS) is 23.0. The van der Waals surface area contributed by atoms with Crippen molar-refractivity contribution in [1.82, 2.24) is 9.47 Å². The van der Waals surface area contributed by atoms with Gasteiger partial charge in [-0.2, -0.15) is 0 Å². The molecule has 3 atom stereocenters. The molecular formula is C21H28FN3O6. The highest BCUT2D eigenvalue weighted by Crippen LogP contribution is 2.39. The summed E-state index contributed by atoms with van der Waals surface area (Å²) in [6, 6.07) is 3.83. The summed E-state index contributed by atoms with van der Waals surface area (Å²) in [7, 11) is 0. The van der Waals surface area contributed by atoms with E-state index in [1.165, 1.54) is 22.8 Å². The number of halogens is 1. The first-order valence-electron chi connectivity index (χ1n) is 10.4. The van der Waals surface area contributed by atoms with E-state index in [2.05, 4.69) is 0 Å². The molecule has 1 saturated heterocycles. The quantitative estimate of drug-likeness (QED) is 0.377. The molecular weight excluding hydrogens is 409 g/mol. The van der Waals surface area contributed by atoms with Crippen molar-refractivity contribution in [3.63, 3.8) is 0 Å². The van der Waals surface area contributed by atoms with Gasteiger partial charge in [0, 0.05) is 62.8 Å². The number of hydrogen-bond donors (Lipinski definition) is 6. The minimum Gasteiger partial charge on any atom is -0.506 e. The Kier molecular flexibility index (Phi) is 5.98. The van der Waals surface area contributed by atoms with Crippen LogP contribution in [0, 0.1) is 5.82 Å². The summed E-state index contributed by atoms with van der Waals surface area (Å²) in [5.74, 6) is -0.805. The lowest BCUT2D eigenvalue weighted by Gasteiger charge is -2.37. The molecule has 2 aliphatic rings. The van der Waals surface area contributed by atoms with Crippen molar-refractivity contribution >= 4 is 5.69 Å². The molecule has 31 heavy (non-hydrogen) atoms. The third-order valence-corrected chi connectivity index (χ3v) is 6.20. The van der Waals surface area contributed by atoms with Gasteiger partial charge in [-0.25, -0.2) is 4.39 Å². The van der Waals surface area contributed by atoms with Crippen molar-refractivity contribution in [3.8, 4) is 17.5 Å². The molecule has 0 saturated carbocycles. The Hall–Kier alpha value is -2.53. The molecule has 0 radical (unpaired) electrons. The summed E-state index contributed by atoms with van der Waals surface area (Å²) in [4.78, 5) is 3.90. The first kappa shape index (κ1) is 21.7. The van der Waals surface area contributed by atoms with E-state index < -0.39 is 24.1 Å². The number of benzene rings is 1. The SMILES string of the molecule is Oc1ccc(F)cc1N1CCN(CC(O)Cn2c(O)c3c(c2O)CC(O)C(O)C3)CC1. The summed E-state index contributed by atoms with van der Waals surface area (Å²) in [5.41, 5.74) is 1.23. The van der Waals surface area contributed by atoms with Gasteiger partial charge in [0.25, 0.3) is 0 Å². The number of β-amino-alcohol motifs (C(OH)–C–C–N with tert-alkyl or cyclic N) is 1. The van der Waals surface area contributed by atoms with Crippen LogP contribution in [0.4, 0.5) is 10.1 Å². The van der Waals surface area contributed by atoms with Crippen molar-refractivity contribution < 1.29 is 35.0 Å². The van der Waals surface area contributed by atoms with Crippen LogP contribution >= 0.6 is 0 Å². The summed E-state index contributed by atoms with van der Waals surface area (Å²) >= 11 is 0. The molecule has 10 heteroatoms. The number of nitrogens with zero attached hydrogens (tertiary/aromatic N) is 3. The minimum atomic E-state index is -1.01. The third kappa shape index (κ3) is 4.29. The molecule has 3 unspecified atom stereocenters. The summed E-state index contributed by atoms with van der Waals surface area (Å²) in [5, 5.41) is 61.1. The number of aromatic nitrogens is 1. The maximum Gasteiger partial charge on any atom is 0.197 e. The van der Waals surface area contributed by atoms with E-state index in [1.807, 2.05) is 9.80 Å². The van der Waals surface area contributed by atoms with Gasteiger partial charge in [-0.15, -0.1) is 0 Å². The van der Waals surface area contributed by atoms with Crippen LogP contribution in [0.2, 0.25) is 0 Å². The fraction of sp³-hybridized carbons (Fsp3) is 0.524. The predicted octanol–water partition coefficient (Wildman–Crippen LogP) is -0.253.